The van der Waals surface area contributed by atoms with E-state index in [1.54, 1.807) is 18.2 Å². The molecular weight excluding hydrogens is 405 g/mol. The zero-order valence-corrected chi connectivity index (χ0v) is 16.1. The van der Waals surface area contributed by atoms with Gasteiger partial charge in [-0.3, -0.25) is 23.8 Å². The lowest BCUT2D eigenvalue weighted by atomic mass is 10.1. The van der Waals surface area contributed by atoms with Crippen LogP contribution in [0.5, 0.6) is 5.75 Å². The summed E-state index contributed by atoms with van der Waals surface area (Å²) in [4.78, 5) is 38.4. The van der Waals surface area contributed by atoms with Crippen molar-refractivity contribution in [3.63, 3.8) is 0 Å². The molecule has 1 aromatic carbocycles. The van der Waals surface area contributed by atoms with E-state index in [4.69, 9.17) is 19.3 Å². The van der Waals surface area contributed by atoms with Crippen LogP contribution in [0.25, 0.3) is 10.4 Å². The highest BCUT2D eigenvalue weighted by molar-refractivity contribution is 7.47. The second-order valence-corrected chi connectivity index (χ2v) is 7.66. The summed E-state index contributed by atoms with van der Waals surface area (Å²) in [7, 11) is -4.46. The molecule has 2 N–H and O–H groups in total. The number of aromatic nitrogens is 2. The molecule has 2 unspecified atom stereocenters. The van der Waals surface area contributed by atoms with Gasteiger partial charge in [0.1, 0.15) is 12.0 Å². The summed E-state index contributed by atoms with van der Waals surface area (Å²) in [5, 5.41) is 3.61. The van der Waals surface area contributed by atoms with Crippen LogP contribution in [0, 0.1) is 6.92 Å². The van der Waals surface area contributed by atoms with Gasteiger partial charge in [-0.15, -0.1) is 0 Å². The lowest BCUT2D eigenvalue weighted by Crippen LogP contribution is -2.33. The Balaban J connectivity index is 1.72. The molecule has 13 heteroatoms. The van der Waals surface area contributed by atoms with E-state index >= 15 is 0 Å². The first-order valence-corrected chi connectivity index (χ1v) is 10.0. The molecule has 2 aromatic rings. The number of H-pyrrole nitrogens is 1. The van der Waals surface area contributed by atoms with Gasteiger partial charge >= 0.3 is 13.5 Å². The summed E-state index contributed by atoms with van der Waals surface area (Å²) in [5.41, 5.74) is 7.87. The largest absolute Gasteiger partial charge is 0.527 e. The third-order valence-electron chi connectivity index (χ3n) is 4.23. The van der Waals surface area contributed by atoms with Crippen molar-refractivity contribution < 1.29 is 23.2 Å². The van der Waals surface area contributed by atoms with Gasteiger partial charge in [0.05, 0.1) is 18.8 Å². The average molecular weight is 423 g/mol. The van der Waals surface area contributed by atoms with Gasteiger partial charge in [-0.2, -0.15) is 0 Å². The molecule has 3 rings (SSSR count). The smallest absolute Gasteiger partial charge is 0.404 e. The molecule has 154 valence electrons. The Morgan fingerprint density at radius 3 is 2.83 bits per heavy atom. The van der Waals surface area contributed by atoms with Gasteiger partial charge in [-0.25, -0.2) is 9.36 Å². The van der Waals surface area contributed by atoms with E-state index in [0.717, 1.165) is 4.57 Å². The van der Waals surface area contributed by atoms with Crippen LogP contribution in [0.3, 0.4) is 0 Å². The Morgan fingerprint density at radius 1 is 1.41 bits per heavy atom. The zero-order valence-electron chi connectivity index (χ0n) is 15.2. The summed E-state index contributed by atoms with van der Waals surface area (Å²) < 4.78 is 28.9. The van der Waals surface area contributed by atoms with E-state index in [1.807, 2.05) is 0 Å². The molecule has 0 radical (unpaired) electrons. The van der Waals surface area contributed by atoms with E-state index in [9.17, 15) is 19.0 Å². The van der Waals surface area contributed by atoms with E-state index in [0.29, 0.717) is 5.56 Å². The highest BCUT2D eigenvalue weighted by Crippen LogP contribution is 2.44. The quantitative estimate of drug-likeness (QED) is 0.297. The van der Waals surface area contributed by atoms with E-state index < -0.39 is 44.1 Å². The first-order valence-electron chi connectivity index (χ1n) is 8.53. The van der Waals surface area contributed by atoms with Gasteiger partial charge in [0.2, 0.25) is 0 Å². The Morgan fingerprint density at radius 2 is 2.14 bits per heavy atom. The maximum absolute atomic E-state index is 12.1. The predicted octanol–water partition coefficient (Wildman–Crippen LogP) is 2.01. The van der Waals surface area contributed by atoms with Gasteiger partial charge in [-0.05, 0) is 24.6 Å². The Labute approximate surface area is 163 Å². The average Bonchev–Trinajstić information content (AvgIpc) is 3.06. The van der Waals surface area contributed by atoms with Crippen LogP contribution in [-0.4, -0.2) is 33.2 Å². The number of ether oxygens (including phenoxy) is 1. The zero-order chi connectivity index (χ0) is 21.0. The van der Waals surface area contributed by atoms with Crippen LogP contribution < -0.4 is 15.8 Å². The summed E-state index contributed by atoms with van der Waals surface area (Å²) in [6.07, 6.45) is -0.318. The van der Waals surface area contributed by atoms with Crippen molar-refractivity contribution in [1.29, 1.82) is 0 Å². The normalized spacial score (nSPS) is 23.2. The van der Waals surface area contributed by atoms with Crippen LogP contribution in [0.2, 0.25) is 0 Å². The molecular formula is C16H18N5O7P. The number of benzene rings is 1. The Bertz CT molecular complexity index is 1080. The molecule has 2 heterocycles. The van der Waals surface area contributed by atoms with Crippen molar-refractivity contribution in [2.45, 2.75) is 31.7 Å². The maximum Gasteiger partial charge on any atom is 0.527 e. The van der Waals surface area contributed by atoms with Gasteiger partial charge in [0.25, 0.3) is 5.56 Å². The molecule has 1 aliphatic rings. The molecule has 29 heavy (non-hydrogen) atoms. The fourth-order valence-electron chi connectivity index (χ4n) is 2.83. The van der Waals surface area contributed by atoms with Crippen molar-refractivity contribution >= 4 is 7.82 Å². The second kappa shape index (κ2) is 8.64. The molecule has 0 aliphatic carbocycles. The number of hydrogen-bond acceptors (Lipinski definition) is 7. The Kier molecular flexibility index (Phi) is 6.21. The maximum atomic E-state index is 12.1. The number of rotatable bonds is 7. The summed E-state index contributed by atoms with van der Waals surface area (Å²) in [6.45, 7) is 1.11. The van der Waals surface area contributed by atoms with E-state index in [1.165, 1.54) is 25.3 Å². The van der Waals surface area contributed by atoms with E-state index in [-0.39, 0.29) is 12.2 Å². The fourth-order valence-corrected chi connectivity index (χ4v) is 3.61. The Hall–Kier alpha value is -2.88. The van der Waals surface area contributed by atoms with Crippen LogP contribution in [-0.2, 0) is 13.8 Å². The number of aromatic amines is 1. The number of nitrogens with zero attached hydrogens (tertiary/aromatic N) is 4. The molecule has 4 atom stereocenters. The minimum absolute atomic E-state index is 0.110. The SMILES string of the molecule is Cc1cn([C@H]2CC(N=[N+]=[N-])[C@@H](COP(=O)(O)Oc3ccccc3)O2)c(=O)[nH]c1=O. The molecule has 1 fully saturated rings. The summed E-state index contributed by atoms with van der Waals surface area (Å²) in [6, 6.07) is 7.18. The molecule has 12 nitrogen and oxygen atoms in total. The number of nitrogens with one attached hydrogen (secondary N) is 1. The van der Waals surface area contributed by atoms with Crippen molar-refractivity contribution in [3.05, 3.63) is 73.4 Å². The first kappa shape index (κ1) is 20.8. The number of phosphoric acid groups is 1. The monoisotopic (exact) mass is 423 g/mol. The topological polar surface area (TPSA) is 169 Å². The van der Waals surface area contributed by atoms with Crippen LogP contribution in [0.4, 0.5) is 0 Å². The van der Waals surface area contributed by atoms with Crippen molar-refractivity contribution in [2.75, 3.05) is 6.61 Å². The van der Waals surface area contributed by atoms with Crippen LogP contribution >= 0.6 is 7.82 Å². The summed E-state index contributed by atoms with van der Waals surface area (Å²) >= 11 is 0. The highest BCUT2D eigenvalue weighted by Gasteiger charge is 2.38. The lowest BCUT2D eigenvalue weighted by molar-refractivity contribution is -0.0263. The van der Waals surface area contributed by atoms with Crippen LogP contribution in [0.1, 0.15) is 18.2 Å². The number of hydrogen-bond donors (Lipinski definition) is 2. The molecule has 1 aliphatic heterocycles. The van der Waals surface area contributed by atoms with Gasteiger partial charge in [0, 0.05) is 23.1 Å². The van der Waals surface area contributed by atoms with Crippen molar-refractivity contribution in [1.82, 2.24) is 9.55 Å². The fraction of sp³-hybridized carbons (Fsp3) is 0.375. The van der Waals surface area contributed by atoms with Gasteiger partial charge in [-0.1, -0.05) is 23.3 Å². The van der Waals surface area contributed by atoms with Gasteiger partial charge < -0.3 is 9.26 Å². The lowest BCUT2D eigenvalue weighted by Gasteiger charge is -2.18. The minimum atomic E-state index is -4.46. The van der Waals surface area contributed by atoms with Crippen LogP contribution in [0.15, 0.2) is 51.2 Å². The highest BCUT2D eigenvalue weighted by atomic mass is 31.2. The third kappa shape index (κ3) is 5.14. The molecule has 0 amide bonds. The number of azide groups is 1. The minimum Gasteiger partial charge on any atom is -0.404 e. The number of para-hydroxylation sites is 1. The molecule has 1 saturated heterocycles. The number of aryl methyl sites for hydroxylation is 1. The van der Waals surface area contributed by atoms with E-state index in [2.05, 4.69) is 15.0 Å². The first-order chi connectivity index (χ1) is 13.8. The standard InChI is InChI=1S/C16H18N5O7P/c1-10-8-21(16(23)18-15(10)22)14-7-12(19-20-17)13(27-14)9-26-29(24,25)28-11-5-3-2-4-6-11/h2-6,8,12-14H,7,9H2,1H3,(H,24,25)(H,18,22,23)/t12?,13-,14-/m1/s1. The summed E-state index contributed by atoms with van der Waals surface area (Å²) in [5.74, 6) is 0.144. The molecule has 1 aromatic heterocycles. The van der Waals surface area contributed by atoms with Gasteiger partial charge in [0.15, 0.2) is 0 Å². The van der Waals surface area contributed by atoms with Crippen molar-refractivity contribution in [2.24, 2.45) is 5.11 Å². The molecule has 0 spiro atoms. The predicted molar refractivity (Wildman–Crippen MR) is 100 cm³/mol. The third-order valence-corrected chi connectivity index (χ3v) is 5.14. The second-order valence-electron chi connectivity index (χ2n) is 6.28. The van der Waals surface area contributed by atoms with Crippen molar-refractivity contribution in [3.8, 4) is 5.75 Å². The number of phosphoric ester groups is 1. The molecule has 0 bridgehead atoms. The molecule has 0 saturated carbocycles.